The van der Waals surface area contributed by atoms with Gasteiger partial charge in [-0.05, 0) is 115 Å². The maximum Gasteiger partial charge on any atom is 0.164 e. The molecule has 3 heterocycles. The van der Waals surface area contributed by atoms with Crippen molar-refractivity contribution in [2.75, 3.05) is 0 Å². The second-order valence-corrected chi connectivity index (χ2v) is 19.8. The summed E-state index contributed by atoms with van der Waals surface area (Å²) in [5.74, 6) is 1.89. The van der Waals surface area contributed by atoms with Crippen molar-refractivity contribution in [2.24, 2.45) is 0 Å². The van der Waals surface area contributed by atoms with Gasteiger partial charge in [-0.3, -0.25) is 0 Å². The predicted molar refractivity (Wildman–Crippen MR) is 266 cm³/mol. The van der Waals surface area contributed by atoms with E-state index in [1.54, 1.807) is 0 Å². The third-order valence-corrected chi connectivity index (χ3v) is 15.7. The first-order valence-corrected chi connectivity index (χ1v) is 22.9. The minimum Gasteiger partial charge on any atom is -0.455 e. The quantitative estimate of drug-likeness (QED) is 0.166. The summed E-state index contributed by atoms with van der Waals surface area (Å²) in [5.41, 5.74) is 14.4. The lowest BCUT2D eigenvalue weighted by Crippen LogP contribution is -2.15. The molecule has 0 unspecified atom stereocenters. The molecule has 12 aromatic rings. The Morgan fingerprint density at radius 3 is 1.83 bits per heavy atom. The van der Waals surface area contributed by atoms with Crippen LogP contribution in [0.5, 0.6) is 0 Å². The number of para-hydroxylation sites is 1. The molecular formula is C59H39N3OS. The Bertz CT molecular complexity index is 4040. The Hall–Kier alpha value is -7.47. The van der Waals surface area contributed by atoms with Crippen LogP contribution in [-0.2, 0) is 10.8 Å². The van der Waals surface area contributed by atoms with E-state index in [0.717, 1.165) is 44.2 Å². The summed E-state index contributed by atoms with van der Waals surface area (Å²) in [6, 6.07) is 59.6. The molecule has 0 fully saturated rings. The van der Waals surface area contributed by atoms with Crippen LogP contribution < -0.4 is 0 Å². The third kappa shape index (κ3) is 4.85. The van der Waals surface area contributed by atoms with Gasteiger partial charge in [-0.2, -0.15) is 0 Å². The van der Waals surface area contributed by atoms with Crippen LogP contribution in [0.15, 0.2) is 168 Å². The number of aromatic nitrogens is 3. The molecule has 4 nitrogen and oxygen atoms in total. The van der Waals surface area contributed by atoms with E-state index in [0.29, 0.717) is 17.5 Å². The molecular weight excluding hydrogens is 799 g/mol. The lowest BCUT2D eigenvalue weighted by Gasteiger charge is -2.22. The van der Waals surface area contributed by atoms with E-state index in [4.69, 9.17) is 19.4 Å². The molecule has 2 aliphatic carbocycles. The predicted octanol–water partition coefficient (Wildman–Crippen LogP) is 16.1. The van der Waals surface area contributed by atoms with Gasteiger partial charge in [0, 0.05) is 64.0 Å². The Morgan fingerprint density at radius 2 is 1.00 bits per heavy atom. The van der Waals surface area contributed by atoms with Gasteiger partial charge in [0.25, 0.3) is 0 Å². The highest BCUT2D eigenvalue weighted by molar-refractivity contribution is 7.25. The van der Waals surface area contributed by atoms with Crippen molar-refractivity contribution in [1.82, 2.24) is 15.0 Å². The molecule has 64 heavy (non-hydrogen) atoms. The highest BCUT2D eigenvalue weighted by Gasteiger charge is 2.39. The second kappa shape index (κ2) is 12.6. The van der Waals surface area contributed by atoms with E-state index in [1.165, 1.54) is 80.7 Å². The van der Waals surface area contributed by atoms with Crippen molar-refractivity contribution in [2.45, 2.75) is 38.5 Å². The zero-order chi connectivity index (χ0) is 42.6. The minimum absolute atomic E-state index is 0.110. The molecule has 0 saturated heterocycles. The summed E-state index contributed by atoms with van der Waals surface area (Å²) in [5, 5.41) is 9.32. The van der Waals surface area contributed by atoms with Crippen molar-refractivity contribution < 1.29 is 4.42 Å². The monoisotopic (exact) mass is 837 g/mol. The molecule has 9 aromatic carbocycles. The molecule has 14 rings (SSSR count). The number of rotatable bonds is 3. The molecule has 302 valence electrons. The van der Waals surface area contributed by atoms with Gasteiger partial charge in [0.05, 0.1) is 0 Å². The van der Waals surface area contributed by atoms with E-state index in [1.807, 2.05) is 17.4 Å². The van der Waals surface area contributed by atoms with Gasteiger partial charge in [0.1, 0.15) is 11.2 Å². The Labute approximate surface area is 373 Å². The molecule has 0 saturated carbocycles. The number of thiophene rings is 1. The third-order valence-electron chi connectivity index (χ3n) is 14.5. The van der Waals surface area contributed by atoms with Crippen molar-refractivity contribution in [3.05, 3.63) is 186 Å². The summed E-state index contributed by atoms with van der Waals surface area (Å²) in [6.45, 7) is 9.33. The van der Waals surface area contributed by atoms with Crippen molar-refractivity contribution in [3.63, 3.8) is 0 Å². The largest absolute Gasteiger partial charge is 0.455 e. The van der Waals surface area contributed by atoms with E-state index in [2.05, 4.69) is 185 Å². The van der Waals surface area contributed by atoms with Crippen LogP contribution in [0.4, 0.5) is 0 Å². The lowest BCUT2D eigenvalue weighted by atomic mass is 9.81. The van der Waals surface area contributed by atoms with E-state index < -0.39 is 0 Å². The standard InChI is InChI=1S/C59H39N3OS/c1-58(2)45-17-9-5-13-36(45)42-27-33-23-21-32-22-24-34(28-40(32)41(33)30-47(42)58)55-60-56(35-25-26-51-43(29-35)37-14-8-12-20-50(37)64-51)62-57(61-55)44-31-48-53(38-15-6-10-18-46(38)59(48,3)4)54-52(44)39-16-7-11-19-49(39)63-54/h5-31H,1-4H3. The summed E-state index contributed by atoms with van der Waals surface area (Å²) < 4.78 is 9.41. The minimum atomic E-state index is -0.271. The zero-order valence-corrected chi connectivity index (χ0v) is 36.6. The average molecular weight is 838 g/mol. The van der Waals surface area contributed by atoms with Gasteiger partial charge >= 0.3 is 0 Å². The Morgan fingerprint density at radius 1 is 0.406 bits per heavy atom. The molecule has 0 radical (unpaired) electrons. The molecule has 0 N–H and O–H groups in total. The highest BCUT2D eigenvalue weighted by Crippen LogP contribution is 2.55. The molecule has 0 spiro atoms. The highest BCUT2D eigenvalue weighted by atomic mass is 32.1. The van der Waals surface area contributed by atoms with Crippen LogP contribution in [0.2, 0.25) is 0 Å². The topological polar surface area (TPSA) is 51.8 Å². The van der Waals surface area contributed by atoms with Gasteiger partial charge in [-0.1, -0.05) is 137 Å². The molecule has 2 aliphatic rings. The molecule has 0 amide bonds. The molecule has 0 atom stereocenters. The normalized spacial score (nSPS) is 14.5. The fourth-order valence-corrected chi connectivity index (χ4v) is 12.3. The van der Waals surface area contributed by atoms with Crippen LogP contribution in [0, 0.1) is 0 Å². The number of fused-ring (bicyclic) bond motifs is 16. The van der Waals surface area contributed by atoms with Gasteiger partial charge < -0.3 is 4.42 Å². The molecule has 0 bridgehead atoms. The first kappa shape index (κ1) is 36.1. The van der Waals surface area contributed by atoms with Crippen LogP contribution >= 0.6 is 11.3 Å². The van der Waals surface area contributed by atoms with Gasteiger partial charge in [0.2, 0.25) is 0 Å². The first-order valence-electron chi connectivity index (χ1n) is 22.1. The average Bonchev–Trinajstić information content (AvgIpc) is 4.03. The number of hydrogen-bond donors (Lipinski definition) is 0. The fraction of sp³-hybridized carbons (Fsp3) is 0.102. The van der Waals surface area contributed by atoms with Crippen molar-refractivity contribution >= 4 is 75.0 Å². The first-order chi connectivity index (χ1) is 31.2. The maximum absolute atomic E-state index is 6.90. The fourth-order valence-electron chi connectivity index (χ4n) is 11.2. The Kier molecular flexibility index (Phi) is 7.09. The van der Waals surface area contributed by atoms with Crippen LogP contribution in [0.25, 0.3) is 120 Å². The van der Waals surface area contributed by atoms with Crippen molar-refractivity contribution in [1.29, 1.82) is 0 Å². The van der Waals surface area contributed by atoms with Gasteiger partial charge in [0.15, 0.2) is 17.5 Å². The lowest BCUT2D eigenvalue weighted by molar-refractivity contribution is 0.653. The van der Waals surface area contributed by atoms with E-state index in [9.17, 15) is 0 Å². The van der Waals surface area contributed by atoms with Crippen LogP contribution in [0.3, 0.4) is 0 Å². The molecule has 0 aliphatic heterocycles. The summed E-state index contributed by atoms with van der Waals surface area (Å²) in [6.07, 6.45) is 0. The molecule has 5 heteroatoms. The number of nitrogens with zero attached hydrogens (tertiary/aromatic N) is 3. The molecule has 3 aromatic heterocycles. The van der Waals surface area contributed by atoms with Crippen molar-refractivity contribution in [3.8, 4) is 56.4 Å². The second-order valence-electron chi connectivity index (χ2n) is 18.7. The summed E-state index contributed by atoms with van der Waals surface area (Å²) in [4.78, 5) is 16.3. The van der Waals surface area contributed by atoms with E-state index >= 15 is 0 Å². The summed E-state index contributed by atoms with van der Waals surface area (Å²) in [7, 11) is 0. The van der Waals surface area contributed by atoms with Crippen LogP contribution in [-0.4, -0.2) is 15.0 Å². The summed E-state index contributed by atoms with van der Waals surface area (Å²) >= 11 is 1.82. The zero-order valence-electron chi connectivity index (χ0n) is 35.7. The van der Waals surface area contributed by atoms with E-state index in [-0.39, 0.29) is 10.8 Å². The number of hydrogen-bond acceptors (Lipinski definition) is 5. The smallest absolute Gasteiger partial charge is 0.164 e. The van der Waals surface area contributed by atoms with Gasteiger partial charge in [-0.15, -0.1) is 11.3 Å². The number of benzene rings is 9. The van der Waals surface area contributed by atoms with Gasteiger partial charge in [-0.25, -0.2) is 15.0 Å². The van der Waals surface area contributed by atoms with Crippen LogP contribution in [0.1, 0.15) is 49.9 Å². The number of furan rings is 1. The Balaban J connectivity index is 1.04. The SMILES string of the molecule is CC1(C)c2ccccc2-c2cc3ccc4ccc(-c5nc(-c6ccc7sc8ccccc8c7c6)nc(-c6cc7c(c8oc9ccccc9c68)-c6ccccc6C7(C)C)n5)cc4c3cc21. The maximum atomic E-state index is 6.90.